The summed E-state index contributed by atoms with van der Waals surface area (Å²) in [5, 5.41) is 10.7. The van der Waals surface area contributed by atoms with Gasteiger partial charge in [0.2, 0.25) is 0 Å². The molecular formula is C22H18N4OS. The number of rotatable bonds is 5. The molecule has 2 heterocycles. The van der Waals surface area contributed by atoms with Gasteiger partial charge in [-0.3, -0.25) is 14.9 Å². The zero-order valence-electron chi connectivity index (χ0n) is 18.9. The Balaban J connectivity index is 1.71. The van der Waals surface area contributed by atoms with Crippen LogP contribution >= 0.6 is 11.8 Å². The topological polar surface area (TPSA) is 70.7 Å². The van der Waals surface area contributed by atoms with E-state index in [-0.39, 0.29) is 28.6 Å². The third-order valence-corrected chi connectivity index (χ3v) is 4.99. The van der Waals surface area contributed by atoms with Gasteiger partial charge in [-0.15, -0.1) is 0 Å². The lowest BCUT2D eigenvalue weighted by atomic mass is 10.2. The first kappa shape index (κ1) is 13.7. The van der Waals surface area contributed by atoms with Crippen LogP contribution < -0.4 is 5.32 Å². The van der Waals surface area contributed by atoms with Gasteiger partial charge in [0.05, 0.1) is 28.0 Å². The fraction of sp³-hybridized carbons (Fsp3) is 0.0455. The summed E-state index contributed by atoms with van der Waals surface area (Å²) in [6.45, 7) is 0. The molecule has 2 N–H and O–H groups in total. The lowest BCUT2D eigenvalue weighted by Gasteiger charge is -2.08. The highest BCUT2D eigenvalue weighted by Crippen LogP contribution is 2.32. The van der Waals surface area contributed by atoms with E-state index < -0.39 is 11.9 Å². The smallest absolute Gasteiger partial charge is 0.252 e. The van der Waals surface area contributed by atoms with Crippen LogP contribution in [-0.2, 0) is 0 Å². The zero-order valence-corrected chi connectivity index (χ0v) is 15.7. The van der Waals surface area contributed by atoms with Gasteiger partial charge in [0.15, 0.2) is 0 Å². The number of pyridine rings is 1. The monoisotopic (exact) mass is 390 g/mol. The Morgan fingerprint density at radius 3 is 2.93 bits per heavy atom. The van der Waals surface area contributed by atoms with Crippen molar-refractivity contribution in [3.8, 4) is 0 Å². The van der Waals surface area contributed by atoms with Gasteiger partial charge in [-0.1, -0.05) is 29.9 Å². The maximum Gasteiger partial charge on any atom is 0.252 e. The molecule has 0 aliphatic heterocycles. The normalized spacial score (nSPS) is 13.2. The van der Waals surface area contributed by atoms with Crippen molar-refractivity contribution >= 4 is 40.7 Å². The van der Waals surface area contributed by atoms with Gasteiger partial charge in [-0.25, -0.2) is 0 Å². The molecule has 0 fully saturated rings. The van der Waals surface area contributed by atoms with Crippen molar-refractivity contribution in [2.75, 3.05) is 7.05 Å². The zero-order chi connectivity index (χ0) is 22.8. The Hall–Kier alpha value is -3.38. The van der Waals surface area contributed by atoms with Crippen molar-refractivity contribution in [2.24, 2.45) is 0 Å². The predicted molar refractivity (Wildman–Crippen MR) is 113 cm³/mol. The number of amides is 1. The second-order valence-corrected chi connectivity index (χ2v) is 6.87. The van der Waals surface area contributed by atoms with Crippen molar-refractivity contribution in [1.82, 2.24) is 20.5 Å². The summed E-state index contributed by atoms with van der Waals surface area (Å²) >= 11 is 1.11. The number of aromatic amines is 1. The SMILES string of the molecule is [2H]c1c([2H])c([2H])c(C(=O)NC)c(Sc2ccc3c(/C=C/c4ccccn4)n[nH]c3c2)c1[2H]. The Morgan fingerprint density at radius 1 is 1.21 bits per heavy atom. The Bertz CT molecular complexity index is 1360. The van der Waals surface area contributed by atoms with E-state index in [0.717, 1.165) is 34.1 Å². The number of benzene rings is 2. The number of carbonyl (C=O) groups is 1. The molecule has 0 aliphatic carbocycles. The molecule has 0 atom stereocenters. The van der Waals surface area contributed by atoms with Crippen molar-refractivity contribution in [1.29, 1.82) is 0 Å². The van der Waals surface area contributed by atoms with Crippen LogP contribution in [0, 0.1) is 0 Å². The van der Waals surface area contributed by atoms with Gasteiger partial charge in [0.25, 0.3) is 5.91 Å². The van der Waals surface area contributed by atoms with Crippen LogP contribution in [0.1, 0.15) is 27.2 Å². The number of hydrogen-bond acceptors (Lipinski definition) is 4. The molecular weight excluding hydrogens is 368 g/mol. The molecule has 2 aromatic heterocycles. The van der Waals surface area contributed by atoms with Crippen LogP contribution in [-0.4, -0.2) is 28.1 Å². The second-order valence-electron chi connectivity index (χ2n) is 5.79. The molecule has 28 heavy (non-hydrogen) atoms. The van der Waals surface area contributed by atoms with Crippen molar-refractivity contribution in [3.63, 3.8) is 0 Å². The predicted octanol–water partition coefficient (Wildman–Crippen LogP) is 4.64. The molecule has 138 valence electrons. The standard InChI is InChI=1S/C22H18N4OS/c1-23-22(27)18-7-2-3-8-21(18)28-16-10-11-17-19(25-26-20(17)14-16)12-9-15-6-4-5-13-24-15/h2-14H,1H3,(H,23,27)(H,25,26)/b12-9+/i2D,3D,7D,8D. The molecule has 5 nitrogen and oxygen atoms in total. The van der Waals surface area contributed by atoms with E-state index in [4.69, 9.17) is 5.48 Å². The van der Waals surface area contributed by atoms with Gasteiger partial charge in [-0.05, 0) is 54.6 Å². The first-order valence-corrected chi connectivity index (χ1v) is 9.30. The summed E-state index contributed by atoms with van der Waals surface area (Å²) < 4.78 is 32.2. The van der Waals surface area contributed by atoms with Crippen LogP contribution in [0.5, 0.6) is 0 Å². The Labute approximate surface area is 172 Å². The van der Waals surface area contributed by atoms with Crippen LogP contribution in [0.15, 0.2) is 76.6 Å². The highest BCUT2D eigenvalue weighted by Gasteiger charge is 2.11. The number of fused-ring (bicyclic) bond motifs is 1. The molecule has 6 heteroatoms. The molecule has 0 bridgehead atoms. The lowest BCUT2D eigenvalue weighted by molar-refractivity contribution is 0.0960. The average Bonchev–Trinajstić information content (AvgIpc) is 3.22. The highest BCUT2D eigenvalue weighted by atomic mass is 32.2. The van der Waals surface area contributed by atoms with Gasteiger partial charge >= 0.3 is 0 Å². The summed E-state index contributed by atoms with van der Waals surface area (Å²) in [6.07, 6.45) is 5.46. The third kappa shape index (κ3) is 3.82. The first-order chi connectivity index (χ1) is 15.4. The minimum Gasteiger partial charge on any atom is -0.355 e. The number of carbonyl (C=O) groups excluding carboxylic acids is 1. The van der Waals surface area contributed by atoms with Crippen LogP contribution in [0.25, 0.3) is 23.1 Å². The highest BCUT2D eigenvalue weighted by molar-refractivity contribution is 7.99. The van der Waals surface area contributed by atoms with Crippen LogP contribution in [0.3, 0.4) is 0 Å². The fourth-order valence-electron chi connectivity index (χ4n) is 2.63. The van der Waals surface area contributed by atoms with E-state index in [2.05, 4.69) is 20.5 Å². The second kappa shape index (κ2) is 8.10. The molecule has 4 rings (SSSR count). The first-order valence-electron chi connectivity index (χ1n) is 10.5. The number of H-pyrrole nitrogens is 1. The maximum atomic E-state index is 12.4. The summed E-state index contributed by atoms with van der Waals surface area (Å²) in [5.41, 5.74) is 2.25. The summed E-state index contributed by atoms with van der Waals surface area (Å²) in [4.78, 5) is 17.5. The number of aromatic nitrogens is 3. The Morgan fingerprint density at radius 2 is 2.11 bits per heavy atom. The van der Waals surface area contributed by atoms with Crippen molar-refractivity contribution in [3.05, 3.63) is 83.7 Å². The van der Waals surface area contributed by atoms with Crippen LogP contribution in [0.4, 0.5) is 0 Å². The van der Waals surface area contributed by atoms with E-state index in [1.165, 1.54) is 7.05 Å². The minimum absolute atomic E-state index is 0.0767. The van der Waals surface area contributed by atoms with E-state index in [9.17, 15) is 4.79 Å². The van der Waals surface area contributed by atoms with E-state index in [1.807, 2.05) is 48.6 Å². The maximum absolute atomic E-state index is 12.4. The number of hydrogen-bond donors (Lipinski definition) is 2. The molecule has 0 saturated heterocycles. The lowest BCUT2D eigenvalue weighted by Crippen LogP contribution is -2.18. The Kier molecular flexibility index (Phi) is 3.98. The molecule has 0 spiro atoms. The number of nitrogens with zero attached hydrogens (tertiary/aromatic N) is 2. The summed E-state index contributed by atoms with van der Waals surface area (Å²) in [6, 6.07) is 9.76. The molecule has 0 radical (unpaired) electrons. The minimum atomic E-state index is -0.566. The fourth-order valence-corrected chi connectivity index (χ4v) is 3.53. The largest absolute Gasteiger partial charge is 0.355 e. The molecule has 2 aromatic carbocycles. The van der Waals surface area contributed by atoms with Gasteiger partial charge in [0, 0.05) is 28.4 Å². The van der Waals surface area contributed by atoms with Gasteiger partial charge in [0.1, 0.15) is 0 Å². The van der Waals surface area contributed by atoms with Gasteiger partial charge in [-0.2, -0.15) is 5.10 Å². The average molecular weight is 391 g/mol. The molecule has 0 aliphatic rings. The molecule has 0 unspecified atom stereocenters. The van der Waals surface area contributed by atoms with Gasteiger partial charge < -0.3 is 5.32 Å². The summed E-state index contributed by atoms with van der Waals surface area (Å²) in [5.74, 6) is -0.566. The molecule has 4 aromatic rings. The third-order valence-electron chi connectivity index (χ3n) is 3.99. The quantitative estimate of drug-likeness (QED) is 0.521. The van der Waals surface area contributed by atoms with E-state index in [0.29, 0.717) is 4.90 Å². The van der Waals surface area contributed by atoms with E-state index >= 15 is 0 Å². The van der Waals surface area contributed by atoms with Crippen molar-refractivity contribution < 1.29 is 10.3 Å². The summed E-state index contributed by atoms with van der Waals surface area (Å²) in [7, 11) is 1.43. The number of nitrogens with one attached hydrogen (secondary N) is 2. The van der Waals surface area contributed by atoms with Crippen molar-refractivity contribution in [2.45, 2.75) is 9.79 Å². The van der Waals surface area contributed by atoms with Crippen LogP contribution in [0.2, 0.25) is 0 Å². The van der Waals surface area contributed by atoms with E-state index in [1.54, 1.807) is 6.20 Å². The molecule has 1 amide bonds. The molecule has 0 saturated carbocycles.